The number of phenolic OH excluding ortho intramolecular Hbond substituents is 1. The molecule has 1 N–H and O–H groups in total. The lowest BCUT2D eigenvalue weighted by Gasteiger charge is -2.15. The molecule has 0 aliphatic carbocycles. The van der Waals surface area contributed by atoms with Crippen molar-refractivity contribution in [2.45, 2.75) is 19.4 Å². The van der Waals surface area contributed by atoms with Crippen LogP contribution in [0.2, 0.25) is 0 Å². The molecule has 0 atom stereocenters. The van der Waals surface area contributed by atoms with E-state index < -0.39 is 0 Å². The topological polar surface area (TPSA) is 32.7 Å². The molecule has 1 saturated heterocycles. The molecule has 0 saturated carbocycles. The molecule has 3 nitrogen and oxygen atoms in total. The minimum Gasteiger partial charge on any atom is -0.504 e. The molecule has 0 spiro atoms. The van der Waals surface area contributed by atoms with Crippen LogP contribution in [0.25, 0.3) is 0 Å². The fourth-order valence-electron chi connectivity index (χ4n) is 2.02. The first-order valence-electron chi connectivity index (χ1n) is 5.38. The van der Waals surface area contributed by atoms with Gasteiger partial charge in [-0.1, -0.05) is 6.07 Å². The van der Waals surface area contributed by atoms with E-state index in [-0.39, 0.29) is 5.75 Å². The second-order valence-corrected chi connectivity index (χ2v) is 3.99. The molecule has 0 bridgehead atoms. The van der Waals surface area contributed by atoms with E-state index in [1.807, 2.05) is 12.1 Å². The fraction of sp³-hybridized carbons (Fsp3) is 0.500. The van der Waals surface area contributed by atoms with Crippen LogP contribution in [0.3, 0.4) is 0 Å². The van der Waals surface area contributed by atoms with Gasteiger partial charge in [-0.3, -0.25) is 4.90 Å². The van der Waals surface area contributed by atoms with Crippen LogP contribution in [-0.4, -0.2) is 30.2 Å². The van der Waals surface area contributed by atoms with Gasteiger partial charge < -0.3 is 9.84 Å². The van der Waals surface area contributed by atoms with Crippen molar-refractivity contribution in [2.24, 2.45) is 0 Å². The van der Waals surface area contributed by atoms with Gasteiger partial charge in [0.2, 0.25) is 0 Å². The molecule has 0 unspecified atom stereocenters. The van der Waals surface area contributed by atoms with Crippen LogP contribution in [0.4, 0.5) is 0 Å². The molecule has 1 aliphatic rings. The van der Waals surface area contributed by atoms with Crippen molar-refractivity contribution in [3.8, 4) is 11.5 Å². The molecule has 82 valence electrons. The lowest BCUT2D eigenvalue weighted by molar-refractivity contribution is 0.329. The van der Waals surface area contributed by atoms with Crippen molar-refractivity contribution in [2.75, 3.05) is 20.2 Å². The molecule has 1 heterocycles. The van der Waals surface area contributed by atoms with E-state index in [9.17, 15) is 5.11 Å². The number of ether oxygens (including phenoxy) is 1. The minimum absolute atomic E-state index is 0.211. The lowest BCUT2D eigenvalue weighted by atomic mass is 10.2. The van der Waals surface area contributed by atoms with Gasteiger partial charge in [-0.15, -0.1) is 0 Å². The van der Waals surface area contributed by atoms with Gasteiger partial charge >= 0.3 is 0 Å². The van der Waals surface area contributed by atoms with E-state index in [2.05, 4.69) is 4.90 Å². The summed E-state index contributed by atoms with van der Waals surface area (Å²) in [5, 5.41) is 9.46. The van der Waals surface area contributed by atoms with Crippen LogP contribution in [0, 0.1) is 0 Å². The Morgan fingerprint density at radius 1 is 1.33 bits per heavy atom. The van der Waals surface area contributed by atoms with Gasteiger partial charge in [0.25, 0.3) is 0 Å². The predicted octanol–water partition coefficient (Wildman–Crippen LogP) is 2.00. The Morgan fingerprint density at radius 2 is 2.07 bits per heavy atom. The van der Waals surface area contributed by atoms with Crippen LogP contribution < -0.4 is 4.74 Å². The average Bonchev–Trinajstić information content (AvgIpc) is 2.73. The normalized spacial score (nSPS) is 16.9. The first kappa shape index (κ1) is 10.3. The van der Waals surface area contributed by atoms with Crippen molar-refractivity contribution < 1.29 is 9.84 Å². The van der Waals surface area contributed by atoms with Crippen molar-refractivity contribution in [3.63, 3.8) is 0 Å². The summed E-state index contributed by atoms with van der Waals surface area (Å²) in [5.74, 6) is 0.773. The number of hydrogen-bond acceptors (Lipinski definition) is 3. The number of hydrogen-bond donors (Lipinski definition) is 1. The molecule has 1 aromatic rings. The Bertz CT molecular complexity index is 332. The van der Waals surface area contributed by atoms with Crippen LogP contribution in [-0.2, 0) is 6.54 Å². The van der Waals surface area contributed by atoms with E-state index in [0.717, 1.165) is 6.54 Å². The molecule has 3 heteroatoms. The van der Waals surface area contributed by atoms with Crippen molar-refractivity contribution >= 4 is 0 Å². The van der Waals surface area contributed by atoms with Gasteiger partial charge in [0.1, 0.15) is 0 Å². The van der Waals surface area contributed by atoms with E-state index in [1.165, 1.54) is 31.5 Å². The first-order chi connectivity index (χ1) is 7.29. The monoisotopic (exact) mass is 207 g/mol. The molecule has 0 radical (unpaired) electrons. The summed E-state index contributed by atoms with van der Waals surface area (Å²) in [6.07, 6.45) is 2.60. The Morgan fingerprint density at radius 3 is 2.73 bits per heavy atom. The summed E-state index contributed by atoms with van der Waals surface area (Å²) in [6, 6.07) is 5.56. The fourth-order valence-corrected chi connectivity index (χ4v) is 2.02. The van der Waals surface area contributed by atoms with E-state index in [4.69, 9.17) is 4.74 Å². The SMILES string of the molecule is COc1cc(CN2CCCC2)ccc1O. The van der Waals surface area contributed by atoms with Gasteiger partial charge in [0.15, 0.2) is 11.5 Å². The highest BCUT2D eigenvalue weighted by Gasteiger charge is 2.12. The highest BCUT2D eigenvalue weighted by atomic mass is 16.5. The Balaban J connectivity index is 2.07. The maximum absolute atomic E-state index is 9.46. The summed E-state index contributed by atoms with van der Waals surface area (Å²) in [6.45, 7) is 3.32. The van der Waals surface area contributed by atoms with Crippen molar-refractivity contribution in [1.29, 1.82) is 0 Å². The summed E-state index contributed by atoms with van der Waals surface area (Å²) in [7, 11) is 1.58. The quantitative estimate of drug-likeness (QED) is 0.822. The first-order valence-corrected chi connectivity index (χ1v) is 5.38. The summed E-state index contributed by atoms with van der Waals surface area (Å²) in [5.41, 5.74) is 1.20. The van der Waals surface area contributed by atoms with Gasteiger partial charge in [0.05, 0.1) is 7.11 Å². The summed E-state index contributed by atoms with van der Waals surface area (Å²) in [4.78, 5) is 2.42. The third-order valence-corrected chi connectivity index (χ3v) is 2.85. The lowest BCUT2D eigenvalue weighted by Crippen LogP contribution is -2.18. The molecule has 1 aromatic carbocycles. The van der Waals surface area contributed by atoms with E-state index >= 15 is 0 Å². The third-order valence-electron chi connectivity index (χ3n) is 2.85. The summed E-state index contributed by atoms with van der Waals surface area (Å²) >= 11 is 0. The zero-order valence-electron chi connectivity index (χ0n) is 9.07. The second-order valence-electron chi connectivity index (χ2n) is 3.99. The molecule has 0 amide bonds. The van der Waals surface area contributed by atoms with E-state index in [1.54, 1.807) is 13.2 Å². The smallest absolute Gasteiger partial charge is 0.160 e. The van der Waals surface area contributed by atoms with Crippen LogP contribution in [0.1, 0.15) is 18.4 Å². The largest absolute Gasteiger partial charge is 0.504 e. The average molecular weight is 207 g/mol. The van der Waals surface area contributed by atoms with Crippen molar-refractivity contribution in [3.05, 3.63) is 23.8 Å². The van der Waals surface area contributed by atoms with Crippen LogP contribution in [0.5, 0.6) is 11.5 Å². The zero-order valence-corrected chi connectivity index (χ0v) is 9.07. The minimum atomic E-state index is 0.211. The molecule has 0 aromatic heterocycles. The van der Waals surface area contributed by atoms with Crippen LogP contribution in [0.15, 0.2) is 18.2 Å². The van der Waals surface area contributed by atoms with Gasteiger partial charge in [-0.2, -0.15) is 0 Å². The number of aromatic hydroxyl groups is 1. The van der Waals surface area contributed by atoms with Crippen LogP contribution >= 0.6 is 0 Å². The number of likely N-dealkylation sites (tertiary alicyclic amines) is 1. The number of rotatable bonds is 3. The Labute approximate surface area is 90.3 Å². The van der Waals surface area contributed by atoms with E-state index in [0.29, 0.717) is 5.75 Å². The number of benzene rings is 1. The number of methoxy groups -OCH3 is 1. The molecule has 15 heavy (non-hydrogen) atoms. The predicted molar refractivity (Wildman–Crippen MR) is 59.2 cm³/mol. The second kappa shape index (κ2) is 4.53. The number of nitrogens with zero attached hydrogens (tertiary/aromatic N) is 1. The maximum Gasteiger partial charge on any atom is 0.160 e. The Kier molecular flexibility index (Phi) is 3.11. The molecule has 1 fully saturated rings. The molecular weight excluding hydrogens is 190 g/mol. The maximum atomic E-state index is 9.46. The number of phenols is 1. The van der Waals surface area contributed by atoms with Crippen molar-refractivity contribution in [1.82, 2.24) is 4.90 Å². The van der Waals surface area contributed by atoms with Gasteiger partial charge in [0, 0.05) is 6.54 Å². The molecular formula is C12H17NO2. The molecule has 2 rings (SSSR count). The zero-order chi connectivity index (χ0) is 10.7. The Hall–Kier alpha value is -1.22. The third kappa shape index (κ3) is 2.42. The highest BCUT2D eigenvalue weighted by molar-refractivity contribution is 5.41. The van der Waals surface area contributed by atoms with Gasteiger partial charge in [-0.05, 0) is 43.6 Å². The van der Waals surface area contributed by atoms with Gasteiger partial charge in [-0.25, -0.2) is 0 Å². The highest BCUT2D eigenvalue weighted by Crippen LogP contribution is 2.27. The summed E-state index contributed by atoms with van der Waals surface area (Å²) < 4.78 is 5.08. The molecule has 1 aliphatic heterocycles. The standard InChI is InChI=1S/C12H17NO2/c1-15-12-8-10(4-5-11(12)14)9-13-6-2-3-7-13/h4-5,8,14H,2-3,6-7,9H2,1H3.